The molecule has 0 spiro atoms. The number of carbonyl (C=O) groups excluding carboxylic acids is 1. The molecule has 132 valence electrons. The molecule has 0 saturated carbocycles. The first-order valence-corrected chi connectivity index (χ1v) is 9.28. The summed E-state index contributed by atoms with van der Waals surface area (Å²) in [7, 11) is 1.70. The summed E-state index contributed by atoms with van der Waals surface area (Å²) in [6, 6.07) is 6.54. The number of nitrogens with zero attached hydrogens (tertiary/aromatic N) is 1. The van der Waals surface area contributed by atoms with Crippen molar-refractivity contribution in [3.05, 3.63) is 29.3 Å². The van der Waals surface area contributed by atoms with Crippen LogP contribution in [0.2, 0.25) is 0 Å². The van der Waals surface area contributed by atoms with Crippen LogP contribution in [0.15, 0.2) is 18.2 Å². The molecule has 3 atom stereocenters. The van der Waals surface area contributed by atoms with Crippen LogP contribution in [0.4, 0.5) is 0 Å². The zero-order valence-electron chi connectivity index (χ0n) is 15.0. The van der Waals surface area contributed by atoms with Gasteiger partial charge in [0, 0.05) is 25.6 Å². The summed E-state index contributed by atoms with van der Waals surface area (Å²) in [5, 5.41) is 0. The second-order valence-electron chi connectivity index (χ2n) is 7.46. The van der Waals surface area contributed by atoms with Gasteiger partial charge < -0.3 is 15.4 Å². The number of rotatable bonds is 4. The number of methoxy groups -OCH3 is 1. The molecule has 4 nitrogen and oxygen atoms in total. The maximum Gasteiger partial charge on any atom is 0.223 e. The van der Waals surface area contributed by atoms with Crippen molar-refractivity contribution in [1.29, 1.82) is 0 Å². The summed E-state index contributed by atoms with van der Waals surface area (Å²) < 4.78 is 5.34. The molecule has 0 aromatic heterocycles. The highest BCUT2D eigenvalue weighted by Crippen LogP contribution is 2.36. The van der Waals surface area contributed by atoms with Crippen molar-refractivity contribution in [3.63, 3.8) is 0 Å². The molecule has 1 fully saturated rings. The van der Waals surface area contributed by atoms with E-state index in [-0.39, 0.29) is 11.9 Å². The fourth-order valence-electron chi connectivity index (χ4n) is 4.36. The number of hydrogen-bond acceptors (Lipinski definition) is 3. The van der Waals surface area contributed by atoms with Crippen molar-refractivity contribution < 1.29 is 9.53 Å². The third kappa shape index (κ3) is 3.59. The Labute approximate surface area is 145 Å². The van der Waals surface area contributed by atoms with Gasteiger partial charge in [-0.25, -0.2) is 0 Å². The average molecular weight is 330 g/mol. The number of hydrogen-bond donors (Lipinski definition) is 1. The molecule has 1 aromatic carbocycles. The van der Waals surface area contributed by atoms with E-state index in [0.29, 0.717) is 24.8 Å². The Bertz CT molecular complexity index is 587. The highest BCUT2D eigenvalue weighted by molar-refractivity contribution is 5.77. The van der Waals surface area contributed by atoms with Gasteiger partial charge in [0.05, 0.1) is 7.11 Å². The molecule has 1 aliphatic heterocycles. The number of amides is 1. The Kier molecular flexibility index (Phi) is 5.44. The Hall–Kier alpha value is -1.55. The van der Waals surface area contributed by atoms with Crippen LogP contribution in [0.5, 0.6) is 5.75 Å². The first kappa shape index (κ1) is 17.3. The van der Waals surface area contributed by atoms with Crippen molar-refractivity contribution in [3.8, 4) is 5.75 Å². The van der Waals surface area contributed by atoms with Crippen LogP contribution in [0.3, 0.4) is 0 Å². The predicted octanol–water partition coefficient (Wildman–Crippen LogP) is 3.09. The average Bonchev–Trinajstić information content (AvgIpc) is 2.61. The molecular weight excluding hydrogens is 300 g/mol. The maximum absolute atomic E-state index is 12.9. The van der Waals surface area contributed by atoms with Crippen molar-refractivity contribution in [2.45, 2.75) is 57.4 Å². The van der Waals surface area contributed by atoms with Gasteiger partial charge in [0.1, 0.15) is 5.75 Å². The van der Waals surface area contributed by atoms with Gasteiger partial charge in [-0.05, 0) is 67.2 Å². The predicted molar refractivity (Wildman–Crippen MR) is 96.2 cm³/mol. The topological polar surface area (TPSA) is 55.6 Å². The van der Waals surface area contributed by atoms with Crippen LogP contribution in [0.25, 0.3) is 0 Å². The Morgan fingerprint density at radius 3 is 2.96 bits per heavy atom. The number of ether oxygens (including phenoxy) is 1. The minimum Gasteiger partial charge on any atom is -0.497 e. The van der Waals surface area contributed by atoms with Crippen molar-refractivity contribution in [2.75, 3.05) is 20.2 Å². The monoisotopic (exact) mass is 330 g/mol. The Morgan fingerprint density at radius 1 is 1.38 bits per heavy atom. The molecule has 0 radical (unpaired) electrons. The number of nitrogens with two attached hydrogens (primary N) is 1. The van der Waals surface area contributed by atoms with E-state index in [9.17, 15) is 4.79 Å². The first-order chi connectivity index (χ1) is 11.6. The van der Waals surface area contributed by atoms with Crippen molar-refractivity contribution in [1.82, 2.24) is 4.90 Å². The fraction of sp³-hybridized carbons (Fsp3) is 0.650. The number of benzene rings is 1. The zero-order chi connectivity index (χ0) is 17.1. The van der Waals surface area contributed by atoms with Gasteiger partial charge in [-0.2, -0.15) is 0 Å². The molecule has 3 rings (SSSR count). The summed E-state index contributed by atoms with van der Waals surface area (Å²) in [5.41, 5.74) is 8.61. The Balaban J connectivity index is 1.71. The number of carbonyl (C=O) groups is 1. The molecule has 1 amide bonds. The van der Waals surface area contributed by atoms with Crippen LogP contribution >= 0.6 is 0 Å². The lowest BCUT2D eigenvalue weighted by Gasteiger charge is -2.39. The standard InChI is InChI=1S/C20H30N2O2/c1-14-8-9-22(17(10-14)13-21)20(23)12-16-5-3-4-15-11-18(24-2)6-7-19(15)16/h6-7,11,14,16-17H,3-5,8-10,12-13,21H2,1-2H3. The highest BCUT2D eigenvalue weighted by atomic mass is 16.5. The van der Waals surface area contributed by atoms with Gasteiger partial charge in [0.25, 0.3) is 0 Å². The summed E-state index contributed by atoms with van der Waals surface area (Å²) in [6.07, 6.45) is 6.09. The Morgan fingerprint density at radius 2 is 2.21 bits per heavy atom. The SMILES string of the molecule is COc1ccc2c(c1)CCCC2CC(=O)N1CCC(C)CC1CN. The van der Waals surface area contributed by atoms with E-state index < -0.39 is 0 Å². The molecule has 4 heteroatoms. The van der Waals surface area contributed by atoms with Crippen LogP contribution in [-0.4, -0.2) is 37.0 Å². The van der Waals surface area contributed by atoms with Crippen molar-refractivity contribution in [2.24, 2.45) is 11.7 Å². The minimum atomic E-state index is 0.222. The van der Waals surface area contributed by atoms with Gasteiger partial charge in [0.15, 0.2) is 0 Å². The summed E-state index contributed by atoms with van der Waals surface area (Å²) in [5.74, 6) is 2.20. The molecule has 1 saturated heterocycles. The third-order valence-corrected chi connectivity index (χ3v) is 5.78. The molecule has 2 aliphatic rings. The van der Waals surface area contributed by atoms with E-state index in [1.807, 2.05) is 6.07 Å². The van der Waals surface area contributed by atoms with E-state index in [0.717, 1.165) is 44.4 Å². The van der Waals surface area contributed by atoms with E-state index >= 15 is 0 Å². The van der Waals surface area contributed by atoms with Gasteiger partial charge in [0.2, 0.25) is 5.91 Å². The van der Waals surface area contributed by atoms with Gasteiger partial charge in [-0.3, -0.25) is 4.79 Å². The summed E-state index contributed by atoms with van der Waals surface area (Å²) in [6.45, 7) is 3.70. The fourth-order valence-corrected chi connectivity index (χ4v) is 4.36. The summed E-state index contributed by atoms with van der Waals surface area (Å²) in [4.78, 5) is 15.0. The molecular formula is C20H30N2O2. The smallest absolute Gasteiger partial charge is 0.223 e. The molecule has 2 N–H and O–H groups in total. The van der Waals surface area contributed by atoms with E-state index in [4.69, 9.17) is 10.5 Å². The second-order valence-corrected chi connectivity index (χ2v) is 7.46. The lowest BCUT2D eigenvalue weighted by atomic mass is 9.80. The number of likely N-dealkylation sites (tertiary alicyclic amines) is 1. The summed E-state index contributed by atoms with van der Waals surface area (Å²) >= 11 is 0. The zero-order valence-corrected chi connectivity index (χ0v) is 15.0. The maximum atomic E-state index is 12.9. The lowest BCUT2D eigenvalue weighted by molar-refractivity contribution is -0.135. The van der Waals surface area contributed by atoms with Crippen LogP contribution in [-0.2, 0) is 11.2 Å². The molecule has 0 bridgehead atoms. The molecule has 3 unspecified atom stereocenters. The van der Waals surface area contributed by atoms with Crippen LogP contribution in [0.1, 0.15) is 56.1 Å². The van der Waals surface area contributed by atoms with Gasteiger partial charge >= 0.3 is 0 Å². The van der Waals surface area contributed by atoms with E-state index in [2.05, 4.69) is 24.0 Å². The van der Waals surface area contributed by atoms with Gasteiger partial charge in [-0.1, -0.05) is 13.0 Å². The van der Waals surface area contributed by atoms with Gasteiger partial charge in [-0.15, -0.1) is 0 Å². The quantitative estimate of drug-likeness (QED) is 0.923. The number of aryl methyl sites for hydroxylation is 1. The lowest BCUT2D eigenvalue weighted by Crippen LogP contribution is -2.49. The highest BCUT2D eigenvalue weighted by Gasteiger charge is 2.31. The molecule has 1 heterocycles. The van der Waals surface area contributed by atoms with E-state index in [1.165, 1.54) is 11.1 Å². The molecule has 1 aliphatic carbocycles. The van der Waals surface area contributed by atoms with E-state index in [1.54, 1.807) is 7.11 Å². The largest absolute Gasteiger partial charge is 0.497 e. The minimum absolute atomic E-state index is 0.222. The normalized spacial score (nSPS) is 26.8. The number of fused-ring (bicyclic) bond motifs is 1. The van der Waals surface area contributed by atoms with Crippen LogP contribution in [0, 0.1) is 5.92 Å². The first-order valence-electron chi connectivity index (χ1n) is 9.28. The molecule has 24 heavy (non-hydrogen) atoms. The van der Waals surface area contributed by atoms with Crippen molar-refractivity contribution >= 4 is 5.91 Å². The third-order valence-electron chi connectivity index (χ3n) is 5.78. The molecule has 1 aromatic rings. The second kappa shape index (κ2) is 7.56. The van der Waals surface area contributed by atoms with Crippen LogP contribution < -0.4 is 10.5 Å². The number of piperidine rings is 1.